The molecule has 1 aromatic heterocycles. The van der Waals surface area contributed by atoms with E-state index in [0.29, 0.717) is 6.42 Å². The second-order valence-electron chi connectivity index (χ2n) is 2.48. The molecular formula is C7H10N2O2S. The summed E-state index contributed by atoms with van der Waals surface area (Å²) >= 11 is 1.35. The quantitative estimate of drug-likeness (QED) is 0.768. The van der Waals surface area contributed by atoms with Crippen LogP contribution in [-0.2, 0) is 11.2 Å². The van der Waals surface area contributed by atoms with Crippen LogP contribution in [0.3, 0.4) is 0 Å². The first kappa shape index (κ1) is 9.12. The van der Waals surface area contributed by atoms with Gasteiger partial charge < -0.3 is 5.11 Å². The molecule has 0 aliphatic carbocycles. The van der Waals surface area contributed by atoms with Crippen LogP contribution >= 0.6 is 11.5 Å². The first-order valence-electron chi connectivity index (χ1n) is 3.69. The molecule has 0 saturated carbocycles. The average Bonchev–Trinajstić information content (AvgIpc) is 2.35. The van der Waals surface area contributed by atoms with Gasteiger partial charge in [-0.25, -0.2) is 4.98 Å². The minimum absolute atomic E-state index is 0.207. The fraction of sp³-hybridized carbons (Fsp3) is 0.571. The first-order valence-corrected chi connectivity index (χ1v) is 4.47. The predicted molar refractivity (Wildman–Crippen MR) is 45.2 cm³/mol. The highest BCUT2D eigenvalue weighted by atomic mass is 32.1. The van der Waals surface area contributed by atoms with E-state index in [9.17, 15) is 4.79 Å². The van der Waals surface area contributed by atoms with Gasteiger partial charge in [-0.3, -0.25) is 4.79 Å². The first-order chi connectivity index (χ1) is 5.68. The minimum atomic E-state index is -0.753. The SMILES string of the molecule is Cc1nsc(CCCC(=O)O)n1. The van der Waals surface area contributed by atoms with Gasteiger partial charge in [0.1, 0.15) is 10.8 Å². The Balaban J connectivity index is 2.29. The van der Waals surface area contributed by atoms with E-state index in [4.69, 9.17) is 5.11 Å². The zero-order chi connectivity index (χ0) is 8.97. The number of nitrogens with zero attached hydrogens (tertiary/aromatic N) is 2. The Bertz CT molecular complexity index is 272. The Kier molecular flexibility index (Phi) is 3.16. The predicted octanol–water partition coefficient (Wildman–Crippen LogP) is 1.25. The summed E-state index contributed by atoms with van der Waals surface area (Å²) < 4.78 is 4.00. The highest BCUT2D eigenvalue weighted by molar-refractivity contribution is 7.05. The van der Waals surface area contributed by atoms with Gasteiger partial charge in [-0.05, 0) is 24.9 Å². The van der Waals surface area contributed by atoms with Crippen molar-refractivity contribution in [2.24, 2.45) is 0 Å². The highest BCUT2D eigenvalue weighted by Gasteiger charge is 2.01. The molecule has 0 saturated heterocycles. The van der Waals surface area contributed by atoms with Crippen LogP contribution in [0.4, 0.5) is 0 Å². The fourth-order valence-electron chi connectivity index (χ4n) is 0.832. The number of hydrogen-bond donors (Lipinski definition) is 1. The largest absolute Gasteiger partial charge is 0.481 e. The lowest BCUT2D eigenvalue weighted by Crippen LogP contribution is -1.95. The molecule has 1 heterocycles. The van der Waals surface area contributed by atoms with Crippen LogP contribution in [0.1, 0.15) is 23.7 Å². The van der Waals surface area contributed by atoms with Crippen LogP contribution in [0.2, 0.25) is 0 Å². The molecule has 0 fully saturated rings. The van der Waals surface area contributed by atoms with Crippen LogP contribution in [0.25, 0.3) is 0 Å². The van der Waals surface area contributed by atoms with Crippen LogP contribution in [0, 0.1) is 6.92 Å². The van der Waals surface area contributed by atoms with E-state index < -0.39 is 5.97 Å². The lowest BCUT2D eigenvalue weighted by atomic mass is 10.2. The van der Waals surface area contributed by atoms with Crippen molar-refractivity contribution in [1.82, 2.24) is 9.36 Å². The van der Waals surface area contributed by atoms with E-state index in [-0.39, 0.29) is 6.42 Å². The summed E-state index contributed by atoms with van der Waals surface area (Å²) in [6.45, 7) is 1.83. The molecular weight excluding hydrogens is 176 g/mol. The van der Waals surface area contributed by atoms with Crippen molar-refractivity contribution in [3.63, 3.8) is 0 Å². The molecule has 0 radical (unpaired) electrons. The molecule has 1 aromatic rings. The maximum Gasteiger partial charge on any atom is 0.303 e. The molecule has 66 valence electrons. The van der Waals surface area contributed by atoms with Crippen molar-refractivity contribution in [3.05, 3.63) is 10.8 Å². The number of carbonyl (C=O) groups is 1. The molecule has 0 bridgehead atoms. The summed E-state index contributed by atoms with van der Waals surface area (Å²) in [5, 5.41) is 9.29. The van der Waals surface area contributed by atoms with Crippen LogP contribution in [-0.4, -0.2) is 20.4 Å². The van der Waals surface area contributed by atoms with Crippen LogP contribution < -0.4 is 0 Å². The Labute approximate surface area is 74.4 Å². The summed E-state index contributed by atoms with van der Waals surface area (Å²) in [6.07, 6.45) is 1.57. The summed E-state index contributed by atoms with van der Waals surface area (Å²) in [4.78, 5) is 14.3. The van der Waals surface area contributed by atoms with Crippen molar-refractivity contribution < 1.29 is 9.90 Å². The Morgan fingerprint density at radius 2 is 2.42 bits per heavy atom. The molecule has 5 heteroatoms. The second-order valence-corrected chi connectivity index (χ2v) is 3.32. The third-order valence-corrected chi connectivity index (χ3v) is 2.21. The molecule has 0 aliphatic rings. The molecule has 0 spiro atoms. The Hall–Kier alpha value is -0.970. The number of carboxylic acids is 1. The van der Waals surface area contributed by atoms with E-state index in [2.05, 4.69) is 9.36 Å². The second kappa shape index (κ2) is 4.15. The molecule has 0 unspecified atom stereocenters. The number of carboxylic acid groups (broad SMARTS) is 1. The van der Waals surface area contributed by atoms with Crippen LogP contribution in [0.15, 0.2) is 0 Å². The van der Waals surface area contributed by atoms with Crippen LogP contribution in [0.5, 0.6) is 0 Å². The standard InChI is InChI=1S/C7H10N2O2S/c1-5-8-6(12-9-5)3-2-4-7(10)11/h2-4H2,1H3,(H,10,11). The fourth-order valence-corrected chi connectivity index (χ4v) is 1.52. The lowest BCUT2D eigenvalue weighted by Gasteiger charge is -1.91. The topological polar surface area (TPSA) is 63.1 Å². The minimum Gasteiger partial charge on any atom is -0.481 e. The average molecular weight is 186 g/mol. The van der Waals surface area contributed by atoms with Crippen molar-refractivity contribution in [2.45, 2.75) is 26.2 Å². The third kappa shape index (κ3) is 2.96. The number of aromatic nitrogens is 2. The van der Waals surface area contributed by atoms with E-state index in [1.54, 1.807) is 0 Å². The molecule has 0 atom stereocenters. The molecule has 1 rings (SSSR count). The van der Waals surface area contributed by atoms with Gasteiger partial charge in [0.05, 0.1) is 0 Å². The van der Waals surface area contributed by atoms with Gasteiger partial charge in [0, 0.05) is 12.8 Å². The smallest absolute Gasteiger partial charge is 0.303 e. The molecule has 1 N–H and O–H groups in total. The Morgan fingerprint density at radius 3 is 2.92 bits per heavy atom. The molecule has 12 heavy (non-hydrogen) atoms. The molecule has 0 aromatic carbocycles. The molecule has 0 amide bonds. The highest BCUT2D eigenvalue weighted by Crippen LogP contribution is 2.07. The third-order valence-electron chi connectivity index (χ3n) is 1.35. The molecule has 0 aliphatic heterocycles. The van der Waals surface area contributed by atoms with Gasteiger partial charge >= 0.3 is 5.97 Å². The monoisotopic (exact) mass is 186 g/mol. The van der Waals surface area contributed by atoms with Crippen molar-refractivity contribution in [3.8, 4) is 0 Å². The lowest BCUT2D eigenvalue weighted by molar-refractivity contribution is -0.137. The summed E-state index contributed by atoms with van der Waals surface area (Å²) in [5.41, 5.74) is 0. The van der Waals surface area contributed by atoms with Gasteiger partial charge in [-0.2, -0.15) is 4.37 Å². The zero-order valence-corrected chi connectivity index (χ0v) is 7.60. The summed E-state index contributed by atoms with van der Waals surface area (Å²) in [7, 11) is 0. The number of aryl methyl sites for hydroxylation is 2. The Morgan fingerprint density at radius 1 is 1.67 bits per heavy atom. The maximum absolute atomic E-state index is 10.2. The van der Waals surface area contributed by atoms with Gasteiger partial charge in [-0.15, -0.1) is 0 Å². The van der Waals surface area contributed by atoms with E-state index in [1.807, 2.05) is 6.92 Å². The van der Waals surface area contributed by atoms with Gasteiger partial charge in [0.25, 0.3) is 0 Å². The zero-order valence-electron chi connectivity index (χ0n) is 6.78. The summed E-state index contributed by atoms with van der Waals surface area (Å²) in [6, 6.07) is 0. The number of rotatable bonds is 4. The van der Waals surface area contributed by atoms with Gasteiger partial charge in [0.15, 0.2) is 0 Å². The van der Waals surface area contributed by atoms with E-state index >= 15 is 0 Å². The molecule has 4 nitrogen and oxygen atoms in total. The van der Waals surface area contributed by atoms with E-state index in [1.165, 1.54) is 11.5 Å². The van der Waals surface area contributed by atoms with E-state index in [0.717, 1.165) is 17.3 Å². The van der Waals surface area contributed by atoms with Crippen molar-refractivity contribution >= 4 is 17.5 Å². The normalized spacial score (nSPS) is 10.1. The maximum atomic E-state index is 10.2. The van der Waals surface area contributed by atoms with Crippen molar-refractivity contribution in [2.75, 3.05) is 0 Å². The van der Waals surface area contributed by atoms with Crippen molar-refractivity contribution in [1.29, 1.82) is 0 Å². The number of aliphatic carboxylic acids is 1. The summed E-state index contributed by atoms with van der Waals surface area (Å²) in [5.74, 6) is 0.0153. The van der Waals surface area contributed by atoms with Gasteiger partial charge in [-0.1, -0.05) is 0 Å². The number of hydrogen-bond acceptors (Lipinski definition) is 4. The van der Waals surface area contributed by atoms with Gasteiger partial charge in [0.2, 0.25) is 0 Å².